The van der Waals surface area contributed by atoms with E-state index in [0.29, 0.717) is 16.6 Å². The predicted molar refractivity (Wildman–Crippen MR) is 99.5 cm³/mol. The first-order valence-electron chi connectivity index (χ1n) is 9.19. The molecule has 15 heteroatoms. The third-order valence-corrected chi connectivity index (χ3v) is 5.23. The number of aliphatic hydroxyl groups excluding tert-OH is 2. The van der Waals surface area contributed by atoms with Crippen LogP contribution in [0.5, 0.6) is 0 Å². The van der Waals surface area contributed by atoms with Crippen molar-refractivity contribution in [3.05, 3.63) is 18.7 Å². The van der Waals surface area contributed by atoms with Crippen molar-refractivity contribution in [2.45, 2.75) is 37.1 Å². The highest BCUT2D eigenvalue weighted by atomic mass is 19.4. The molecule has 4 heterocycles. The largest absolute Gasteiger partial charge is 0.490 e. The Hall–Kier alpha value is -3.30. The van der Waals surface area contributed by atoms with Crippen LogP contribution in [-0.2, 0) is 21.3 Å². The molecule has 4 N–H and O–H groups in total. The van der Waals surface area contributed by atoms with Crippen molar-refractivity contribution in [1.82, 2.24) is 29.5 Å². The number of carbonyl (C=O) groups excluding carboxylic acids is 1. The summed E-state index contributed by atoms with van der Waals surface area (Å²) in [6.07, 6.45) is -5.86. The van der Waals surface area contributed by atoms with Crippen LogP contribution in [0.4, 0.5) is 19.0 Å². The Morgan fingerprint density at radius 1 is 1.38 bits per heavy atom. The molecule has 0 bridgehead atoms. The van der Waals surface area contributed by atoms with Crippen molar-refractivity contribution in [2.24, 2.45) is 7.05 Å². The number of halogens is 3. The van der Waals surface area contributed by atoms with Crippen LogP contribution in [-0.4, -0.2) is 76.3 Å². The lowest BCUT2D eigenvalue weighted by Gasteiger charge is -2.33. The summed E-state index contributed by atoms with van der Waals surface area (Å²) in [6.45, 7) is 0.324. The SMILES string of the molecule is Cn1cc(-c2cn([C@@H]3O[C@H](CO)[C@@H](O)[C@@]3(C)OC(=O)C(F)(F)F)c3ncnc(N)c23)nn1. The van der Waals surface area contributed by atoms with E-state index in [9.17, 15) is 28.2 Å². The normalized spacial score (nSPS) is 26.0. The smallest absolute Gasteiger partial charge is 0.445 e. The van der Waals surface area contributed by atoms with Crippen LogP contribution in [0.15, 0.2) is 18.7 Å². The second kappa shape index (κ2) is 7.39. The lowest BCUT2D eigenvalue weighted by atomic mass is 9.96. The van der Waals surface area contributed by atoms with Crippen molar-refractivity contribution in [3.8, 4) is 11.3 Å². The summed E-state index contributed by atoms with van der Waals surface area (Å²) in [5.74, 6) is -2.48. The summed E-state index contributed by atoms with van der Waals surface area (Å²) in [5, 5.41) is 28.3. The van der Waals surface area contributed by atoms with Gasteiger partial charge in [-0.25, -0.2) is 14.8 Å². The topological polar surface area (TPSA) is 163 Å². The molecule has 0 amide bonds. The predicted octanol–water partition coefficient (Wildman–Crippen LogP) is -0.0762. The third kappa shape index (κ3) is 3.34. The number of nitrogen functional groups attached to an aromatic ring is 1. The van der Waals surface area contributed by atoms with Gasteiger partial charge in [0, 0.05) is 18.8 Å². The summed E-state index contributed by atoms with van der Waals surface area (Å²) in [6, 6.07) is 0. The fraction of sp³-hybridized carbons (Fsp3) is 0.471. The fourth-order valence-corrected chi connectivity index (χ4v) is 3.70. The van der Waals surface area contributed by atoms with E-state index in [4.69, 9.17) is 15.2 Å². The van der Waals surface area contributed by atoms with Gasteiger partial charge in [0.15, 0.2) is 11.8 Å². The molecule has 12 nitrogen and oxygen atoms in total. The molecule has 3 aromatic heterocycles. The number of nitrogens with zero attached hydrogens (tertiary/aromatic N) is 6. The van der Waals surface area contributed by atoms with Gasteiger partial charge in [0.05, 0.1) is 18.2 Å². The summed E-state index contributed by atoms with van der Waals surface area (Å²) >= 11 is 0. The zero-order chi connectivity index (χ0) is 23.4. The lowest BCUT2D eigenvalue weighted by molar-refractivity contribution is -0.225. The van der Waals surface area contributed by atoms with E-state index >= 15 is 0 Å². The van der Waals surface area contributed by atoms with Gasteiger partial charge in [-0.1, -0.05) is 5.21 Å². The number of esters is 1. The van der Waals surface area contributed by atoms with E-state index in [2.05, 4.69) is 20.3 Å². The molecule has 4 atom stereocenters. The molecule has 0 unspecified atom stereocenters. The van der Waals surface area contributed by atoms with Crippen molar-refractivity contribution in [1.29, 1.82) is 0 Å². The molecule has 0 radical (unpaired) electrons. The average Bonchev–Trinajstić information content (AvgIpc) is 3.37. The molecule has 4 rings (SSSR count). The number of aromatic nitrogens is 6. The highest BCUT2D eigenvalue weighted by molar-refractivity contribution is 5.99. The summed E-state index contributed by atoms with van der Waals surface area (Å²) in [4.78, 5) is 19.7. The average molecular weight is 457 g/mol. The van der Waals surface area contributed by atoms with Crippen LogP contribution in [0, 0.1) is 0 Å². The Labute approximate surface area is 177 Å². The third-order valence-electron chi connectivity index (χ3n) is 5.23. The Bertz CT molecular complexity index is 1180. The Morgan fingerprint density at radius 3 is 2.69 bits per heavy atom. The van der Waals surface area contributed by atoms with E-state index in [1.807, 2.05) is 0 Å². The van der Waals surface area contributed by atoms with Crippen molar-refractivity contribution < 1.29 is 37.7 Å². The van der Waals surface area contributed by atoms with Crippen LogP contribution >= 0.6 is 0 Å². The minimum Gasteiger partial charge on any atom is -0.445 e. The number of rotatable bonds is 4. The van der Waals surface area contributed by atoms with Gasteiger partial charge in [-0.05, 0) is 6.92 Å². The minimum absolute atomic E-state index is 0.0423. The Balaban J connectivity index is 1.90. The number of alkyl halides is 3. The zero-order valence-electron chi connectivity index (χ0n) is 16.7. The number of aliphatic hydroxyl groups is 2. The summed E-state index contributed by atoms with van der Waals surface area (Å²) in [5.41, 5.74) is 4.61. The highest BCUT2D eigenvalue weighted by Gasteiger charge is 2.59. The van der Waals surface area contributed by atoms with E-state index in [0.717, 1.165) is 13.3 Å². The molecule has 1 fully saturated rings. The molecule has 0 aromatic carbocycles. The standard InChI is InChI=1S/C17H18F3N7O5/c1-16(32-15(30)17(18,19)20)11(29)9(5-28)31-14(16)27-3-7(8-4-26(2)25-24-8)10-12(21)22-6-23-13(10)27/h3-4,6,9,11,14,28-29H,5H2,1-2H3,(H2,21,22,23)/t9-,11-,14-,16-/m1/s1. The van der Waals surface area contributed by atoms with Crippen LogP contribution < -0.4 is 5.73 Å². The molecule has 3 aromatic rings. The fourth-order valence-electron chi connectivity index (χ4n) is 3.70. The maximum atomic E-state index is 12.9. The molecule has 0 saturated carbocycles. The maximum Gasteiger partial charge on any atom is 0.490 e. The minimum atomic E-state index is -5.32. The number of carbonyl (C=O) groups is 1. The quantitative estimate of drug-likeness (QED) is 0.452. The highest BCUT2D eigenvalue weighted by Crippen LogP contribution is 2.45. The molecular formula is C17H18F3N7O5. The van der Waals surface area contributed by atoms with Crippen molar-refractivity contribution >= 4 is 22.8 Å². The van der Waals surface area contributed by atoms with E-state index in [-0.39, 0.29) is 11.5 Å². The first-order chi connectivity index (χ1) is 15.0. The van der Waals surface area contributed by atoms with Gasteiger partial charge < -0.3 is 30.0 Å². The molecule has 1 saturated heterocycles. The van der Waals surface area contributed by atoms with Crippen LogP contribution in [0.3, 0.4) is 0 Å². The van der Waals surface area contributed by atoms with Gasteiger partial charge in [-0.2, -0.15) is 13.2 Å². The van der Waals surface area contributed by atoms with Gasteiger partial charge in [0.25, 0.3) is 0 Å². The molecule has 172 valence electrons. The lowest BCUT2D eigenvalue weighted by Crippen LogP contribution is -2.50. The van der Waals surface area contributed by atoms with E-state index in [1.165, 1.54) is 15.4 Å². The monoisotopic (exact) mass is 457 g/mol. The van der Waals surface area contributed by atoms with Gasteiger partial charge >= 0.3 is 12.1 Å². The van der Waals surface area contributed by atoms with E-state index in [1.54, 1.807) is 13.2 Å². The number of nitrogens with two attached hydrogens (primary N) is 1. The number of fused-ring (bicyclic) bond motifs is 1. The number of anilines is 1. The number of aryl methyl sites for hydroxylation is 1. The van der Waals surface area contributed by atoms with Crippen molar-refractivity contribution in [3.63, 3.8) is 0 Å². The van der Waals surface area contributed by atoms with Gasteiger partial charge in [-0.15, -0.1) is 5.10 Å². The molecule has 0 spiro atoms. The summed E-state index contributed by atoms with van der Waals surface area (Å²) < 4.78 is 51.8. The first-order valence-corrected chi connectivity index (χ1v) is 9.19. The molecule has 1 aliphatic heterocycles. The van der Waals surface area contributed by atoms with Crippen LogP contribution in [0.2, 0.25) is 0 Å². The summed E-state index contributed by atoms with van der Waals surface area (Å²) in [7, 11) is 1.63. The number of ether oxygens (including phenoxy) is 2. The van der Waals surface area contributed by atoms with Crippen LogP contribution in [0.1, 0.15) is 13.2 Å². The van der Waals surface area contributed by atoms with Gasteiger partial charge in [-0.3, -0.25) is 4.68 Å². The van der Waals surface area contributed by atoms with Gasteiger partial charge in [0.2, 0.25) is 0 Å². The molecule has 0 aliphatic carbocycles. The Morgan fingerprint density at radius 2 is 2.09 bits per heavy atom. The van der Waals surface area contributed by atoms with Gasteiger partial charge in [0.1, 0.15) is 35.7 Å². The maximum absolute atomic E-state index is 12.9. The molecular weight excluding hydrogens is 439 g/mol. The first kappa shape index (κ1) is 21.9. The zero-order valence-corrected chi connectivity index (χ0v) is 16.7. The number of hydrogen-bond acceptors (Lipinski definition) is 10. The second-order valence-electron chi connectivity index (χ2n) is 7.41. The molecule has 1 aliphatic rings. The molecule has 32 heavy (non-hydrogen) atoms. The van der Waals surface area contributed by atoms with Crippen LogP contribution in [0.25, 0.3) is 22.3 Å². The second-order valence-corrected chi connectivity index (χ2v) is 7.41. The van der Waals surface area contributed by atoms with Crippen molar-refractivity contribution in [2.75, 3.05) is 12.3 Å². The number of hydrogen-bond donors (Lipinski definition) is 3. The Kier molecular flexibility index (Phi) is 5.06. The van der Waals surface area contributed by atoms with E-state index < -0.39 is 42.8 Å².